The van der Waals surface area contributed by atoms with Gasteiger partial charge in [-0.25, -0.2) is 9.78 Å². The van der Waals surface area contributed by atoms with Gasteiger partial charge in [-0.3, -0.25) is 0 Å². The molecule has 1 heterocycles. The van der Waals surface area contributed by atoms with Crippen molar-refractivity contribution in [3.8, 4) is 0 Å². The number of carbonyl (C=O) groups is 1. The van der Waals surface area contributed by atoms with Crippen molar-refractivity contribution in [3.05, 3.63) is 15.6 Å². The van der Waals surface area contributed by atoms with Crippen LogP contribution < -0.4 is 0 Å². The quantitative estimate of drug-likeness (QED) is 0.750. The van der Waals surface area contributed by atoms with Gasteiger partial charge in [-0.05, 0) is 20.8 Å². The molecule has 0 saturated heterocycles. The first-order chi connectivity index (χ1) is 5.85. The van der Waals surface area contributed by atoms with Crippen LogP contribution in [0.5, 0.6) is 0 Å². The third-order valence-corrected chi connectivity index (χ3v) is 3.15. The predicted molar refractivity (Wildman–Crippen MR) is 48.8 cm³/mol. The van der Waals surface area contributed by atoms with E-state index < -0.39 is 11.6 Å². The normalized spacial score (nSPS) is 15.4. The van der Waals surface area contributed by atoms with E-state index in [1.54, 1.807) is 6.92 Å². The van der Waals surface area contributed by atoms with Crippen molar-refractivity contribution < 1.29 is 15.0 Å². The van der Waals surface area contributed by atoms with Crippen LogP contribution in [0.2, 0.25) is 0 Å². The minimum absolute atomic E-state index is 0.231. The summed E-state index contributed by atoms with van der Waals surface area (Å²) in [4.78, 5) is 15.6. The Kier molecular flexibility index (Phi) is 2.40. The van der Waals surface area contributed by atoms with Crippen LogP contribution in [0.4, 0.5) is 0 Å². The third kappa shape index (κ3) is 1.71. The summed E-state index contributed by atoms with van der Waals surface area (Å²) in [6, 6.07) is 0. The third-order valence-electron chi connectivity index (χ3n) is 1.86. The second kappa shape index (κ2) is 3.08. The smallest absolute Gasteiger partial charge is 0.342 e. The summed E-state index contributed by atoms with van der Waals surface area (Å²) in [5.41, 5.74) is -1.11. The number of hydrogen-bond donors (Lipinski definition) is 2. The van der Waals surface area contributed by atoms with E-state index in [2.05, 4.69) is 4.98 Å². The highest BCUT2D eigenvalue weighted by Gasteiger charge is 2.35. The molecule has 1 unspecified atom stereocenters. The molecule has 0 aromatic carbocycles. The lowest BCUT2D eigenvalue weighted by Crippen LogP contribution is -2.31. The van der Waals surface area contributed by atoms with E-state index in [0.717, 1.165) is 10.6 Å². The van der Waals surface area contributed by atoms with Crippen LogP contribution in [0.3, 0.4) is 0 Å². The topological polar surface area (TPSA) is 70.4 Å². The summed E-state index contributed by atoms with van der Waals surface area (Å²) in [6.45, 7) is 4.86. The highest BCUT2D eigenvalue weighted by molar-refractivity contribution is 7.11. The van der Waals surface area contributed by atoms with Gasteiger partial charge in [-0.15, -0.1) is 11.3 Å². The van der Waals surface area contributed by atoms with Crippen LogP contribution in [0, 0.1) is 13.8 Å². The van der Waals surface area contributed by atoms with E-state index in [1.165, 1.54) is 18.3 Å². The van der Waals surface area contributed by atoms with Crippen molar-refractivity contribution in [2.24, 2.45) is 0 Å². The Morgan fingerprint density at radius 3 is 2.38 bits per heavy atom. The molecule has 0 spiro atoms. The second-order valence-electron chi connectivity index (χ2n) is 3.04. The summed E-state index contributed by atoms with van der Waals surface area (Å²) in [5, 5.41) is 18.5. The van der Waals surface area contributed by atoms with Gasteiger partial charge in [0.25, 0.3) is 0 Å². The van der Waals surface area contributed by atoms with Crippen molar-refractivity contribution in [2.75, 3.05) is 0 Å². The molecule has 0 aliphatic carbocycles. The zero-order chi connectivity index (χ0) is 10.2. The zero-order valence-electron chi connectivity index (χ0n) is 7.66. The van der Waals surface area contributed by atoms with Gasteiger partial charge in [-0.2, -0.15) is 0 Å². The fourth-order valence-corrected chi connectivity index (χ4v) is 1.72. The summed E-state index contributed by atoms with van der Waals surface area (Å²) in [7, 11) is 0. The molecule has 13 heavy (non-hydrogen) atoms. The summed E-state index contributed by atoms with van der Waals surface area (Å²) in [6.07, 6.45) is 0. The predicted octanol–water partition coefficient (Wildman–Crippen LogP) is 1.05. The molecule has 0 saturated carbocycles. The number of hydrogen-bond acceptors (Lipinski definition) is 4. The Balaban J connectivity index is 3.15. The van der Waals surface area contributed by atoms with Gasteiger partial charge in [0.1, 0.15) is 5.01 Å². The van der Waals surface area contributed by atoms with Crippen LogP contribution in [0.1, 0.15) is 22.5 Å². The Morgan fingerprint density at radius 1 is 1.54 bits per heavy atom. The van der Waals surface area contributed by atoms with Crippen LogP contribution >= 0.6 is 11.3 Å². The number of carboxylic acids is 1. The zero-order valence-corrected chi connectivity index (χ0v) is 8.47. The summed E-state index contributed by atoms with van der Waals surface area (Å²) >= 11 is 1.21. The Bertz CT molecular complexity index is 324. The van der Waals surface area contributed by atoms with Crippen molar-refractivity contribution in [1.29, 1.82) is 0 Å². The molecule has 5 heteroatoms. The average molecular weight is 201 g/mol. The molecule has 1 rings (SSSR count). The van der Waals surface area contributed by atoms with Gasteiger partial charge >= 0.3 is 5.97 Å². The fraction of sp³-hybridized carbons (Fsp3) is 0.500. The Labute approximate surface area is 79.9 Å². The lowest BCUT2D eigenvalue weighted by atomic mass is 10.1. The van der Waals surface area contributed by atoms with Gasteiger partial charge in [0, 0.05) is 4.88 Å². The molecule has 1 aromatic heterocycles. The number of thiazole rings is 1. The van der Waals surface area contributed by atoms with Gasteiger partial charge in [-0.1, -0.05) is 0 Å². The number of aryl methyl sites for hydroxylation is 2. The SMILES string of the molecule is Cc1nc(C(C)(O)C(=O)O)sc1C. The van der Waals surface area contributed by atoms with Gasteiger partial charge in [0.2, 0.25) is 5.60 Å². The maximum Gasteiger partial charge on any atom is 0.342 e. The lowest BCUT2D eigenvalue weighted by molar-refractivity contribution is -0.157. The van der Waals surface area contributed by atoms with Gasteiger partial charge < -0.3 is 10.2 Å². The molecule has 0 aliphatic heterocycles. The second-order valence-corrected chi connectivity index (χ2v) is 4.24. The molecule has 0 fully saturated rings. The van der Waals surface area contributed by atoms with Gasteiger partial charge in [0.05, 0.1) is 5.69 Å². The standard InChI is InChI=1S/C8H11NO3S/c1-4-5(2)13-6(9-4)8(3,12)7(10)11/h12H,1-3H3,(H,10,11). The fourth-order valence-electron chi connectivity index (χ4n) is 0.772. The minimum Gasteiger partial charge on any atom is -0.479 e. The molecule has 2 N–H and O–H groups in total. The maximum atomic E-state index is 10.7. The van der Waals surface area contributed by atoms with Crippen LogP contribution in [-0.4, -0.2) is 21.2 Å². The van der Waals surface area contributed by atoms with Crippen molar-refractivity contribution in [1.82, 2.24) is 4.98 Å². The Morgan fingerprint density at radius 2 is 2.08 bits per heavy atom. The minimum atomic E-state index is -1.87. The number of aliphatic hydroxyl groups is 1. The molecule has 72 valence electrons. The van der Waals surface area contributed by atoms with Gasteiger partial charge in [0.15, 0.2) is 0 Å². The summed E-state index contributed by atoms with van der Waals surface area (Å²) in [5.74, 6) is -1.28. The van der Waals surface area contributed by atoms with E-state index in [1.807, 2.05) is 6.92 Å². The van der Waals surface area contributed by atoms with Crippen LogP contribution in [0.25, 0.3) is 0 Å². The van der Waals surface area contributed by atoms with Crippen molar-refractivity contribution in [3.63, 3.8) is 0 Å². The van der Waals surface area contributed by atoms with E-state index in [4.69, 9.17) is 5.11 Å². The van der Waals surface area contributed by atoms with Crippen LogP contribution in [-0.2, 0) is 10.4 Å². The van der Waals surface area contributed by atoms with E-state index in [9.17, 15) is 9.90 Å². The first-order valence-electron chi connectivity index (χ1n) is 3.76. The maximum absolute atomic E-state index is 10.7. The van der Waals surface area contributed by atoms with E-state index in [-0.39, 0.29) is 5.01 Å². The molecular weight excluding hydrogens is 190 g/mol. The lowest BCUT2D eigenvalue weighted by Gasteiger charge is -2.13. The van der Waals surface area contributed by atoms with Crippen LogP contribution in [0.15, 0.2) is 0 Å². The first kappa shape index (κ1) is 10.1. The molecule has 0 aliphatic rings. The molecule has 0 radical (unpaired) electrons. The highest BCUT2D eigenvalue weighted by Crippen LogP contribution is 2.27. The molecule has 1 atom stereocenters. The number of aliphatic carboxylic acids is 1. The number of carboxylic acid groups (broad SMARTS) is 1. The Hall–Kier alpha value is -0.940. The average Bonchev–Trinajstić information content (AvgIpc) is 2.32. The molecule has 4 nitrogen and oxygen atoms in total. The van der Waals surface area contributed by atoms with Crippen molar-refractivity contribution in [2.45, 2.75) is 26.4 Å². The summed E-state index contributed by atoms with van der Waals surface area (Å²) < 4.78 is 0. The molecule has 0 amide bonds. The van der Waals surface area contributed by atoms with Crippen molar-refractivity contribution >= 4 is 17.3 Å². The largest absolute Gasteiger partial charge is 0.479 e. The number of aromatic nitrogens is 1. The number of rotatable bonds is 2. The number of nitrogens with zero attached hydrogens (tertiary/aromatic N) is 1. The molecule has 0 bridgehead atoms. The first-order valence-corrected chi connectivity index (χ1v) is 4.57. The highest BCUT2D eigenvalue weighted by atomic mass is 32.1. The monoisotopic (exact) mass is 201 g/mol. The van der Waals surface area contributed by atoms with E-state index in [0.29, 0.717) is 0 Å². The molecular formula is C8H11NO3S. The van der Waals surface area contributed by atoms with E-state index >= 15 is 0 Å². The molecule has 1 aromatic rings.